The van der Waals surface area contributed by atoms with Gasteiger partial charge in [0.05, 0.1) is 26.2 Å². The molecule has 0 aromatic rings. The van der Waals surface area contributed by atoms with Crippen LogP contribution in [0.2, 0.25) is 0 Å². The Labute approximate surface area is 104 Å². The van der Waals surface area contributed by atoms with Crippen molar-refractivity contribution in [1.29, 1.82) is 0 Å². The molecular weight excluding hydrogens is 222 g/mol. The van der Waals surface area contributed by atoms with Gasteiger partial charge in [0.15, 0.2) is 0 Å². The van der Waals surface area contributed by atoms with E-state index in [2.05, 4.69) is 20.8 Å². The van der Waals surface area contributed by atoms with E-state index in [1.165, 1.54) is 38.9 Å². The van der Waals surface area contributed by atoms with Crippen LogP contribution in [0.4, 0.5) is 4.79 Å². The molecule has 17 heavy (non-hydrogen) atoms. The molecule has 0 atom stereocenters. The minimum absolute atomic E-state index is 0.333. The van der Waals surface area contributed by atoms with Crippen molar-refractivity contribution < 1.29 is 24.6 Å². The third-order valence-electron chi connectivity index (χ3n) is 2.67. The highest BCUT2D eigenvalue weighted by Gasteiger charge is 2.23. The highest BCUT2D eigenvalue weighted by atomic mass is 16.6. The number of carboxylic acid groups (broad SMARTS) is 2. The molecule has 0 heterocycles. The van der Waals surface area contributed by atoms with Crippen LogP contribution < -0.4 is 0 Å². The smallest absolute Gasteiger partial charge is 0.450 e. The predicted molar refractivity (Wildman–Crippen MR) is 68.3 cm³/mol. The average molecular weight is 250 g/mol. The highest BCUT2D eigenvalue weighted by molar-refractivity contribution is 5.53. The van der Waals surface area contributed by atoms with Gasteiger partial charge in [0, 0.05) is 0 Å². The molecule has 0 fully saturated rings. The molecule has 5 heteroatoms. The predicted octanol–water partition coefficient (Wildman–Crippen LogP) is 2.25. The van der Waals surface area contributed by atoms with Gasteiger partial charge in [-0.05, 0) is 19.3 Å². The van der Waals surface area contributed by atoms with Crippen LogP contribution in [0.5, 0.6) is 0 Å². The highest BCUT2D eigenvalue weighted by Crippen LogP contribution is 2.10. The van der Waals surface area contributed by atoms with E-state index in [0.29, 0.717) is 6.61 Å². The van der Waals surface area contributed by atoms with Crippen molar-refractivity contribution in [3.05, 3.63) is 0 Å². The molecule has 0 radical (unpaired) electrons. The summed E-state index contributed by atoms with van der Waals surface area (Å²) in [5.74, 6) is 0. The first-order valence-corrected chi connectivity index (χ1v) is 6.35. The van der Waals surface area contributed by atoms with Crippen molar-refractivity contribution in [2.75, 3.05) is 32.8 Å². The Kier molecular flexibility index (Phi) is 12.7. The van der Waals surface area contributed by atoms with Crippen LogP contribution in [0.1, 0.15) is 40.0 Å². The molecule has 0 aliphatic carbocycles. The zero-order chi connectivity index (χ0) is 13.7. The molecule has 0 amide bonds. The maximum atomic E-state index is 9.07. The van der Waals surface area contributed by atoms with Crippen LogP contribution >= 0.6 is 0 Å². The minimum atomic E-state index is -1.83. The van der Waals surface area contributed by atoms with Crippen molar-refractivity contribution in [2.45, 2.75) is 40.0 Å². The Morgan fingerprint density at radius 1 is 0.882 bits per heavy atom. The molecule has 0 aromatic heterocycles. The summed E-state index contributed by atoms with van der Waals surface area (Å²) in [5, 5.41) is 23.0. The maximum Gasteiger partial charge on any atom is 0.503 e. The van der Waals surface area contributed by atoms with Crippen molar-refractivity contribution in [3.63, 3.8) is 0 Å². The van der Waals surface area contributed by atoms with Gasteiger partial charge < -0.3 is 19.8 Å². The van der Waals surface area contributed by atoms with E-state index in [9.17, 15) is 0 Å². The topological polar surface area (TPSA) is 77.8 Å². The lowest BCUT2D eigenvalue weighted by Gasteiger charge is -2.38. The summed E-state index contributed by atoms with van der Waals surface area (Å²) in [4.78, 5) is 8.56. The first kappa shape index (κ1) is 18.6. The molecule has 3 N–H and O–H groups in total. The zero-order valence-corrected chi connectivity index (χ0v) is 11.4. The number of aliphatic hydroxyl groups is 1. The van der Waals surface area contributed by atoms with Gasteiger partial charge in [-0.1, -0.05) is 20.8 Å². The van der Waals surface area contributed by atoms with Gasteiger partial charge in [-0.2, -0.15) is 0 Å². The van der Waals surface area contributed by atoms with Crippen LogP contribution in [-0.4, -0.2) is 58.7 Å². The monoisotopic (exact) mass is 250 g/mol. The van der Waals surface area contributed by atoms with E-state index >= 15 is 0 Å². The number of quaternary nitrogens is 1. The molecule has 0 unspecified atom stereocenters. The number of rotatable bonds is 8. The molecule has 0 rings (SSSR count). The Hall–Kier alpha value is -0.810. The standard InChI is InChI=1S/C11H26NO.CH2O3/c1-4-7-12(8-5-2,9-6-3)10-11-13;2-1(3)4/h13H,4-11H2,1-3H3;(H2,2,3,4)/q+1;. The molecule has 0 bridgehead atoms. The third kappa shape index (κ3) is 11.5. The van der Waals surface area contributed by atoms with E-state index in [1.807, 2.05) is 0 Å². The molecule has 5 nitrogen and oxygen atoms in total. The molecular formula is C12H28NO4+. The van der Waals surface area contributed by atoms with Crippen LogP contribution in [-0.2, 0) is 0 Å². The number of carbonyl (C=O) groups is 1. The van der Waals surface area contributed by atoms with Gasteiger partial charge in [0.2, 0.25) is 0 Å². The van der Waals surface area contributed by atoms with Crippen LogP contribution in [0.15, 0.2) is 0 Å². The Balaban J connectivity index is 0. The molecule has 0 saturated heterocycles. The summed E-state index contributed by atoms with van der Waals surface area (Å²) in [6, 6.07) is 0. The molecule has 0 aromatic carbocycles. The van der Waals surface area contributed by atoms with Gasteiger partial charge in [-0.3, -0.25) is 0 Å². The van der Waals surface area contributed by atoms with Crippen molar-refractivity contribution >= 4 is 6.16 Å². The van der Waals surface area contributed by atoms with Crippen LogP contribution in [0.3, 0.4) is 0 Å². The van der Waals surface area contributed by atoms with Crippen molar-refractivity contribution in [2.24, 2.45) is 0 Å². The van der Waals surface area contributed by atoms with Gasteiger partial charge in [0.1, 0.15) is 6.54 Å². The van der Waals surface area contributed by atoms with Gasteiger partial charge in [0.25, 0.3) is 0 Å². The fourth-order valence-corrected chi connectivity index (χ4v) is 2.31. The summed E-state index contributed by atoms with van der Waals surface area (Å²) in [6.45, 7) is 11.6. The Bertz CT molecular complexity index is 152. The number of nitrogens with zero attached hydrogens (tertiary/aromatic N) is 1. The Morgan fingerprint density at radius 2 is 1.18 bits per heavy atom. The lowest BCUT2D eigenvalue weighted by molar-refractivity contribution is -0.928. The SMILES string of the molecule is CCC[N+](CCC)(CCC)CCO.O=C(O)O. The molecule has 0 spiro atoms. The number of aliphatic hydroxyl groups excluding tert-OH is 1. The first-order chi connectivity index (χ1) is 7.97. The quantitative estimate of drug-likeness (QED) is 0.577. The molecule has 0 saturated carbocycles. The van der Waals surface area contributed by atoms with Crippen LogP contribution in [0.25, 0.3) is 0 Å². The summed E-state index contributed by atoms with van der Waals surface area (Å²) >= 11 is 0. The largest absolute Gasteiger partial charge is 0.503 e. The Morgan fingerprint density at radius 3 is 1.35 bits per heavy atom. The van der Waals surface area contributed by atoms with Crippen molar-refractivity contribution in [3.8, 4) is 0 Å². The fourth-order valence-electron chi connectivity index (χ4n) is 2.31. The molecule has 0 aliphatic heterocycles. The van der Waals surface area contributed by atoms with E-state index in [-0.39, 0.29) is 0 Å². The first-order valence-electron chi connectivity index (χ1n) is 6.35. The second-order valence-corrected chi connectivity index (χ2v) is 4.24. The van der Waals surface area contributed by atoms with E-state index in [4.69, 9.17) is 20.1 Å². The van der Waals surface area contributed by atoms with E-state index in [1.54, 1.807) is 0 Å². The minimum Gasteiger partial charge on any atom is -0.450 e. The second kappa shape index (κ2) is 11.7. The lowest BCUT2D eigenvalue weighted by atomic mass is 10.2. The maximum absolute atomic E-state index is 9.07. The van der Waals surface area contributed by atoms with Gasteiger partial charge in [-0.25, -0.2) is 4.79 Å². The van der Waals surface area contributed by atoms with E-state index < -0.39 is 6.16 Å². The molecule has 0 aliphatic rings. The van der Waals surface area contributed by atoms with Crippen molar-refractivity contribution in [1.82, 2.24) is 0 Å². The number of hydrogen-bond donors (Lipinski definition) is 3. The summed E-state index contributed by atoms with van der Waals surface area (Å²) in [7, 11) is 0. The van der Waals surface area contributed by atoms with Crippen LogP contribution in [0, 0.1) is 0 Å². The number of hydrogen-bond acceptors (Lipinski definition) is 2. The van der Waals surface area contributed by atoms with Gasteiger partial charge in [-0.15, -0.1) is 0 Å². The summed E-state index contributed by atoms with van der Waals surface area (Å²) in [6.07, 6.45) is 1.83. The normalized spacial score (nSPS) is 10.6. The summed E-state index contributed by atoms with van der Waals surface area (Å²) < 4.78 is 1.12. The third-order valence-corrected chi connectivity index (χ3v) is 2.67. The summed E-state index contributed by atoms with van der Waals surface area (Å²) in [5.41, 5.74) is 0. The fraction of sp³-hybridized carbons (Fsp3) is 0.917. The molecule has 104 valence electrons. The lowest BCUT2D eigenvalue weighted by Crippen LogP contribution is -2.51. The second-order valence-electron chi connectivity index (χ2n) is 4.24. The van der Waals surface area contributed by atoms with E-state index in [0.717, 1.165) is 11.0 Å². The van der Waals surface area contributed by atoms with Gasteiger partial charge >= 0.3 is 6.16 Å². The zero-order valence-electron chi connectivity index (χ0n) is 11.4. The average Bonchev–Trinajstić information content (AvgIpc) is 2.18.